The number of phenolic OH excluding ortho intramolecular Hbond substituents is 1. The van der Waals surface area contributed by atoms with Crippen LogP contribution < -0.4 is 40.1 Å². The molecule has 27 aromatic rings. The van der Waals surface area contributed by atoms with Crippen LogP contribution in [0.2, 0.25) is 0 Å². The number of benzene rings is 12. The van der Waals surface area contributed by atoms with Gasteiger partial charge < -0.3 is 49.7 Å². The van der Waals surface area contributed by atoms with Crippen molar-refractivity contribution >= 4 is 162 Å². The summed E-state index contributed by atoms with van der Waals surface area (Å²) < 4.78 is 12.8. The third kappa shape index (κ3) is 17.3. The predicted molar refractivity (Wildman–Crippen MR) is 577 cm³/mol. The van der Waals surface area contributed by atoms with Crippen molar-refractivity contribution in [2.24, 2.45) is 0 Å². The minimum absolute atomic E-state index is 0.114. The predicted octanol–water partition coefficient (Wildman–Crippen LogP) is 20.4. The van der Waals surface area contributed by atoms with Gasteiger partial charge in [-0.3, -0.25) is 0 Å². The van der Waals surface area contributed by atoms with Gasteiger partial charge in [-0.2, -0.15) is 25.4 Å². The van der Waals surface area contributed by atoms with Gasteiger partial charge in [0.15, 0.2) is 28.2 Å². The number of hydrogen-bond donors (Lipinski definition) is 8. The van der Waals surface area contributed by atoms with Crippen LogP contribution in [0.15, 0.2) is 370 Å². The van der Waals surface area contributed by atoms with Crippen molar-refractivity contribution in [3.63, 3.8) is 0 Å². The van der Waals surface area contributed by atoms with Crippen molar-refractivity contribution in [2.75, 3.05) is 40.1 Å². The highest BCUT2D eigenvalue weighted by molar-refractivity contribution is 6.05. The van der Waals surface area contributed by atoms with Gasteiger partial charge in [-0.1, -0.05) is 218 Å². The molecule has 0 aliphatic rings. The van der Waals surface area contributed by atoms with E-state index in [0.717, 1.165) is 155 Å². The second-order valence-corrected chi connectivity index (χ2v) is 35.0. The zero-order valence-electron chi connectivity index (χ0n) is 78.1. The molecule has 147 heavy (non-hydrogen) atoms. The SMILES string of the molecule is Nc1ccc2cc(-c3nn(Cc4cc5ccccc5nc4-c4ccccc4)c4ncnc(N)c34)ccc2n1.Nc1nc2cc(-c3nn(Cc4cc5ccccc5nc4-c4ccccc4)c4ncnc(N)c34)ccc2o1.Nc1ncnc2c1c(-c1cccc(O)c1)nn2Cc1cc2ccccc2nc1-c1ccccc1.Nc1ncnc2ccc(-c3nn(Cc4cc5ccccc5nc4-c4ccccc4)c4ncnc(N)c34)cc12. The number of phenols is 1. The average Bonchev–Trinajstić information content (AvgIpc) is 1.62. The van der Waals surface area contributed by atoms with E-state index in [1.165, 1.54) is 31.6 Å². The van der Waals surface area contributed by atoms with E-state index in [-0.39, 0.29) is 11.8 Å². The Bertz CT molecular complexity index is 9780. The Morgan fingerprint density at radius 2 is 0.537 bits per heavy atom. The number of anilines is 7. The maximum absolute atomic E-state index is 10.0. The van der Waals surface area contributed by atoms with Crippen molar-refractivity contribution < 1.29 is 9.52 Å². The van der Waals surface area contributed by atoms with Crippen LogP contribution in [-0.2, 0) is 26.2 Å². The van der Waals surface area contributed by atoms with Crippen LogP contribution in [-0.4, -0.2) is 124 Å². The highest BCUT2D eigenvalue weighted by atomic mass is 16.4. The number of aromatic nitrogens is 24. The lowest BCUT2D eigenvalue weighted by atomic mass is 10.0. The van der Waals surface area contributed by atoms with Gasteiger partial charge in [0.1, 0.15) is 101 Å². The normalized spacial score (nSPS) is 11.5. The van der Waals surface area contributed by atoms with Gasteiger partial charge in [-0.15, -0.1) is 0 Å². The first-order valence-electron chi connectivity index (χ1n) is 46.9. The second kappa shape index (κ2) is 37.7. The van der Waals surface area contributed by atoms with Crippen molar-refractivity contribution in [1.29, 1.82) is 0 Å². The molecule has 0 spiro atoms. The first kappa shape index (κ1) is 88.8. The van der Waals surface area contributed by atoms with Crippen LogP contribution >= 0.6 is 0 Å². The Labute approximate surface area is 834 Å². The number of fused-ring (bicyclic) bond motifs is 11. The smallest absolute Gasteiger partial charge is 0.292 e. The van der Waals surface area contributed by atoms with Crippen molar-refractivity contribution in [3.05, 3.63) is 388 Å². The molecule has 0 unspecified atom stereocenters. The summed E-state index contributed by atoms with van der Waals surface area (Å²) in [5.41, 5.74) is 69.9. The Morgan fingerprint density at radius 1 is 0.224 bits per heavy atom. The number of nitrogens with two attached hydrogens (primary N) is 7. The molecule has 15 N–H and O–H groups in total. The first-order valence-corrected chi connectivity index (χ1v) is 46.9. The van der Waals surface area contributed by atoms with E-state index < -0.39 is 0 Å². The molecule has 33 heteroatoms. The zero-order valence-corrected chi connectivity index (χ0v) is 78.1. The quantitative estimate of drug-likeness (QED) is 0.0445. The van der Waals surface area contributed by atoms with Gasteiger partial charge in [-0.05, 0) is 115 Å². The summed E-state index contributed by atoms with van der Waals surface area (Å²) in [6.07, 6.45) is 7.29. The van der Waals surface area contributed by atoms with E-state index in [4.69, 9.17) is 84.9 Å². The first-order chi connectivity index (χ1) is 72.1. The van der Waals surface area contributed by atoms with Gasteiger partial charge in [-0.25, -0.2) is 93.5 Å². The van der Waals surface area contributed by atoms with E-state index in [9.17, 15) is 5.11 Å². The Balaban J connectivity index is 0.000000105. The number of oxazole rings is 1. The number of nitrogens with zero attached hydrogens (tertiary/aromatic N) is 24. The third-order valence-electron chi connectivity index (χ3n) is 25.6. The molecule has 0 aliphatic heterocycles. The number of hydrogen-bond acceptors (Lipinski definition) is 29. The Morgan fingerprint density at radius 3 is 0.925 bits per heavy atom. The van der Waals surface area contributed by atoms with Crippen LogP contribution in [0.3, 0.4) is 0 Å². The lowest BCUT2D eigenvalue weighted by Gasteiger charge is -2.12. The maximum atomic E-state index is 10.0. The summed E-state index contributed by atoms with van der Waals surface area (Å²) in [5.74, 6) is 2.47. The van der Waals surface area contributed by atoms with E-state index in [0.29, 0.717) is 139 Å². The Hall–Kier alpha value is -20.9. The van der Waals surface area contributed by atoms with Crippen LogP contribution in [0.25, 0.3) is 211 Å². The topological polar surface area (TPSA) is 493 Å². The van der Waals surface area contributed by atoms with Gasteiger partial charge >= 0.3 is 0 Å². The molecule has 0 fully saturated rings. The van der Waals surface area contributed by atoms with Gasteiger partial charge in [0.25, 0.3) is 6.01 Å². The van der Waals surface area contributed by atoms with Gasteiger partial charge in [0.05, 0.1) is 104 Å². The molecule has 27 rings (SSSR count). The molecule has 33 nitrogen and oxygen atoms in total. The molecule has 0 saturated carbocycles. The van der Waals surface area contributed by atoms with Crippen molar-refractivity contribution in [1.82, 2.24) is 119 Å². The highest BCUT2D eigenvalue weighted by Crippen LogP contribution is 2.42. The fourth-order valence-corrected chi connectivity index (χ4v) is 18.8. The van der Waals surface area contributed by atoms with Gasteiger partial charge in [0.2, 0.25) is 0 Å². The lowest BCUT2D eigenvalue weighted by Crippen LogP contribution is -2.06. The fourth-order valence-electron chi connectivity index (χ4n) is 18.8. The highest BCUT2D eigenvalue weighted by Gasteiger charge is 2.27. The molecular formula is C114H83N31O2. The number of aromatic hydroxyl groups is 1. The number of rotatable bonds is 16. The summed E-state index contributed by atoms with van der Waals surface area (Å²) in [6, 6.07) is 110. The van der Waals surface area contributed by atoms with E-state index >= 15 is 0 Å². The zero-order chi connectivity index (χ0) is 99.3. The summed E-state index contributed by atoms with van der Waals surface area (Å²) in [5, 5.41) is 38.5. The molecule has 12 aromatic carbocycles. The lowest BCUT2D eigenvalue weighted by molar-refractivity contribution is 0.475. The molecule has 0 saturated heterocycles. The number of nitrogen functional groups attached to an aromatic ring is 7. The van der Waals surface area contributed by atoms with E-state index in [1.54, 1.807) is 24.3 Å². The van der Waals surface area contributed by atoms with Crippen LogP contribution in [0, 0.1) is 0 Å². The summed E-state index contributed by atoms with van der Waals surface area (Å²) in [6.45, 7) is 1.77. The van der Waals surface area contributed by atoms with Crippen molar-refractivity contribution in [3.8, 4) is 95.8 Å². The standard InChI is InChI=1S/C30H22N8.C29H21N9.C28H20N8O.C27H20N6O/c31-25-13-11-20-14-21(10-12-24(20)35-25)28-26-29(32)33-17-34-30(26)38(37-28)16-22-15-19-8-4-5-9-23(19)36-27(22)18-6-2-1-3-7-18;30-27-21-13-19(10-11-23(21)32-15-33-27)26-24-28(31)34-16-35-29(24)38(37-26)14-20-12-18-8-4-5-9-22(18)36-25(20)17-6-2-1-3-7-17;29-26-23-25(18-10-11-22-21(13-18)34-28(30)37-22)35-36(27(23)32-15-31-26)14-19-12-17-8-4-5-9-20(17)33-24(19)16-6-2-1-3-7-16;28-26-23-25(19-10-6-11-21(34)14-19)32-33(27(23)30-16-29-26)15-20-13-18-9-4-5-12-22(18)31-24(20)17-7-2-1-3-8-17/h1-15,17H,16H2,(H2,31,35)(H2,32,33,34);1-13,15-16H,14H2,(H2,30,32,33)(H2,31,34,35);1-13,15H,14H2,(H2,30,34)(H2,29,31,32);1-14,16,34H,15H2,(H2,28,29,30). The molecule has 0 aliphatic carbocycles. The molecule has 0 amide bonds. The van der Waals surface area contributed by atoms with Crippen LogP contribution in [0.1, 0.15) is 22.3 Å². The summed E-state index contributed by atoms with van der Waals surface area (Å²) in [4.78, 5) is 72.3. The van der Waals surface area contributed by atoms with Gasteiger partial charge in [0, 0.05) is 99.1 Å². The molecule has 15 heterocycles. The maximum Gasteiger partial charge on any atom is 0.292 e. The molecule has 15 aromatic heterocycles. The molecular weight excluding hydrogens is 1840 g/mol. The third-order valence-corrected chi connectivity index (χ3v) is 25.6. The monoisotopic (exact) mass is 1920 g/mol. The minimum Gasteiger partial charge on any atom is -0.508 e. The number of pyridine rings is 5. The molecule has 0 bridgehead atoms. The van der Waals surface area contributed by atoms with Crippen LogP contribution in [0.4, 0.5) is 40.9 Å². The Kier molecular flexibility index (Phi) is 22.8. The fraction of sp³-hybridized carbons (Fsp3) is 0.0351. The largest absolute Gasteiger partial charge is 0.508 e. The minimum atomic E-state index is 0.114. The van der Waals surface area contributed by atoms with E-state index in [2.05, 4.69) is 157 Å². The molecule has 0 radical (unpaired) electrons. The molecule has 706 valence electrons. The average molecular weight is 1920 g/mol. The summed E-state index contributed by atoms with van der Waals surface area (Å²) >= 11 is 0. The number of para-hydroxylation sites is 4. The van der Waals surface area contributed by atoms with Crippen molar-refractivity contribution in [2.45, 2.75) is 26.2 Å². The van der Waals surface area contributed by atoms with E-state index in [1.807, 2.05) is 231 Å². The summed E-state index contributed by atoms with van der Waals surface area (Å²) in [7, 11) is 0. The van der Waals surface area contributed by atoms with Crippen LogP contribution in [0.5, 0.6) is 5.75 Å². The molecule has 0 atom stereocenters. The second-order valence-electron chi connectivity index (χ2n) is 35.0.